The number of ketones is 1. The van der Waals surface area contributed by atoms with Crippen LogP contribution in [0.2, 0.25) is 20.1 Å². The van der Waals surface area contributed by atoms with Gasteiger partial charge in [0, 0.05) is 11.3 Å². The third-order valence-corrected chi connectivity index (χ3v) is 7.25. The molecule has 0 fully saturated rings. The number of carbonyl (C=O) groups is 5. The smallest absolute Gasteiger partial charge is 0.329 e. The van der Waals surface area contributed by atoms with E-state index in [-0.39, 0.29) is 43.4 Å². The van der Waals surface area contributed by atoms with E-state index in [1.54, 1.807) is 18.2 Å². The van der Waals surface area contributed by atoms with Crippen LogP contribution in [-0.4, -0.2) is 47.0 Å². The van der Waals surface area contributed by atoms with Crippen LogP contribution in [0.25, 0.3) is 0 Å². The summed E-state index contributed by atoms with van der Waals surface area (Å²) in [7, 11) is 0. The zero-order valence-electron chi connectivity index (χ0n) is 19.1. The van der Waals surface area contributed by atoms with E-state index in [2.05, 4.69) is 5.32 Å². The van der Waals surface area contributed by atoms with Gasteiger partial charge < -0.3 is 10.1 Å². The second-order valence-electron chi connectivity index (χ2n) is 7.94. The van der Waals surface area contributed by atoms with Crippen LogP contribution in [0.3, 0.4) is 0 Å². The van der Waals surface area contributed by atoms with Crippen molar-refractivity contribution in [2.75, 3.05) is 11.9 Å². The highest BCUT2D eigenvalue weighted by atomic mass is 35.5. The number of halogens is 4. The lowest BCUT2D eigenvalue weighted by Crippen LogP contribution is -2.46. The Kier molecular flexibility index (Phi) is 9.00. The second-order valence-corrected chi connectivity index (χ2v) is 9.45. The summed E-state index contributed by atoms with van der Waals surface area (Å²) in [5.74, 6) is -3.56. The summed E-state index contributed by atoms with van der Waals surface area (Å²) in [6.45, 7) is 2.56. The Balaban J connectivity index is 1.79. The number of nitrogens with one attached hydrogen (secondary N) is 1. The van der Waals surface area contributed by atoms with E-state index in [0.717, 1.165) is 0 Å². The third kappa shape index (κ3) is 5.52. The molecule has 0 aromatic heterocycles. The van der Waals surface area contributed by atoms with Gasteiger partial charge in [0.1, 0.15) is 6.04 Å². The average Bonchev–Trinajstić information content (AvgIpc) is 3.10. The monoisotopic (exact) mass is 572 g/mol. The van der Waals surface area contributed by atoms with Crippen LogP contribution < -0.4 is 5.32 Å². The molecular formula is C24H20Cl4N2O6. The number of carbonyl (C=O) groups excluding carboxylic acids is 5. The van der Waals surface area contributed by atoms with Crippen molar-refractivity contribution < 1.29 is 28.7 Å². The molecule has 0 radical (unpaired) electrons. The van der Waals surface area contributed by atoms with E-state index < -0.39 is 36.3 Å². The summed E-state index contributed by atoms with van der Waals surface area (Å²) in [5.41, 5.74) is 0.231. The molecule has 0 unspecified atom stereocenters. The van der Waals surface area contributed by atoms with Crippen molar-refractivity contribution >= 4 is 81.6 Å². The normalized spacial score (nSPS) is 13.4. The van der Waals surface area contributed by atoms with Crippen molar-refractivity contribution in [1.29, 1.82) is 0 Å². The maximum absolute atomic E-state index is 13.2. The minimum Gasteiger partial charge on any atom is -0.454 e. The lowest BCUT2D eigenvalue weighted by atomic mass is 10.1. The Labute approximate surface area is 226 Å². The molecule has 1 atom stereocenters. The number of anilines is 1. The predicted octanol–water partition coefficient (Wildman–Crippen LogP) is 5.84. The van der Waals surface area contributed by atoms with E-state index in [0.29, 0.717) is 29.0 Å². The van der Waals surface area contributed by atoms with Gasteiger partial charge in [0.25, 0.3) is 17.7 Å². The number of nitrogens with zero attached hydrogens (tertiary/aromatic N) is 1. The number of ether oxygens (including phenoxy) is 1. The topological polar surface area (TPSA) is 110 Å². The molecule has 8 nitrogen and oxygen atoms in total. The molecule has 0 saturated heterocycles. The fraction of sp³-hybridized carbons (Fsp3) is 0.292. The average molecular weight is 574 g/mol. The molecule has 2 aromatic carbocycles. The minimum atomic E-state index is -1.34. The van der Waals surface area contributed by atoms with E-state index in [4.69, 9.17) is 51.1 Å². The number of imide groups is 1. The summed E-state index contributed by atoms with van der Waals surface area (Å²) in [6, 6.07) is 4.90. The van der Waals surface area contributed by atoms with Crippen molar-refractivity contribution in [3.8, 4) is 0 Å². The highest BCUT2D eigenvalue weighted by molar-refractivity contribution is 6.55. The number of Topliss-reactive ketones (excluding diaryl/α,β-unsaturated/α-hetero) is 1. The van der Waals surface area contributed by atoms with Gasteiger partial charge in [-0.2, -0.15) is 0 Å². The predicted molar refractivity (Wildman–Crippen MR) is 136 cm³/mol. The maximum Gasteiger partial charge on any atom is 0.329 e. The SMILES string of the molecule is CCCC[C@H](C(=O)OCC(=O)Nc1cccc(C(C)=O)c1)N1C(=O)c2c(Cl)c(Cl)c(Cl)c(Cl)c2C1=O. The van der Waals surface area contributed by atoms with Crippen molar-refractivity contribution in [1.82, 2.24) is 4.90 Å². The van der Waals surface area contributed by atoms with E-state index >= 15 is 0 Å². The van der Waals surface area contributed by atoms with Gasteiger partial charge >= 0.3 is 5.97 Å². The lowest BCUT2D eigenvalue weighted by molar-refractivity contribution is -0.151. The van der Waals surface area contributed by atoms with Crippen molar-refractivity contribution in [3.05, 3.63) is 61.0 Å². The molecule has 3 amide bonds. The number of fused-ring (bicyclic) bond motifs is 1. The van der Waals surface area contributed by atoms with Crippen LogP contribution in [0.5, 0.6) is 0 Å². The summed E-state index contributed by atoms with van der Waals surface area (Å²) in [4.78, 5) is 63.9. The standard InChI is InChI=1S/C24H20Cl4N2O6/c1-3-4-8-14(24(35)36-10-15(32)29-13-7-5-6-12(9-13)11(2)31)30-22(33)16-17(23(30)34)19(26)21(28)20(27)18(16)25/h5-7,9,14H,3-4,8,10H2,1-2H3,(H,29,32)/t14-/m1/s1. The minimum absolute atomic E-state index is 0.0831. The van der Waals surface area contributed by atoms with Crippen LogP contribution in [0, 0.1) is 0 Å². The van der Waals surface area contributed by atoms with Crippen molar-refractivity contribution in [2.24, 2.45) is 0 Å². The zero-order valence-corrected chi connectivity index (χ0v) is 22.1. The number of hydrogen-bond acceptors (Lipinski definition) is 6. The molecule has 3 rings (SSSR count). The molecule has 1 N–H and O–H groups in total. The van der Waals surface area contributed by atoms with Crippen LogP contribution in [0.4, 0.5) is 5.69 Å². The summed E-state index contributed by atoms with van der Waals surface area (Å²) in [6.07, 6.45) is 1.21. The highest BCUT2D eigenvalue weighted by Gasteiger charge is 2.47. The molecule has 0 spiro atoms. The first-order valence-corrected chi connectivity index (χ1v) is 12.3. The molecule has 12 heteroatoms. The number of benzene rings is 2. The number of hydrogen-bond donors (Lipinski definition) is 1. The quantitative estimate of drug-likeness (QED) is 0.133. The molecule has 36 heavy (non-hydrogen) atoms. The number of amides is 3. The fourth-order valence-corrected chi connectivity index (χ4v) is 4.66. The van der Waals surface area contributed by atoms with Crippen molar-refractivity contribution in [2.45, 2.75) is 39.2 Å². The van der Waals surface area contributed by atoms with E-state index in [1.807, 2.05) is 6.92 Å². The number of esters is 1. The fourth-order valence-electron chi connectivity index (χ4n) is 3.65. The summed E-state index contributed by atoms with van der Waals surface area (Å²) < 4.78 is 5.15. The third-order valence-electron chi connectivity index (χ3n) is 5.45. The molecule has 1 heterocycles. The van der Waals surface area contributed by atoms with Crippen LogP contribution in [0.1, 0.15) is 64.2 Å². The molecule has 190 valence electrons. The first-order valence-electron chi connectivity index (χ1n) is 10.8. The molecule has 1 aliphatic rings. The Morgan fingerprint density at radius 2 is 1.56 bits per heavy atom. The van der Waals surface area contributed by atoms with Crippen LogP contribution in [-0.2, 0) is 14.3 Å². The highest BCUT2D eigenvalue weighted by Crippen LogP contribution is 2.45. The van der Waals surface area contributed by atoms with Gasteiger partial charge in [0.2, 0.25) is 0 Å². The van der Waals surface area contributed by atoms with Crippen LogP contribution >= 0.6 is 46.4 Å². The Morgan fingerprint density at radius 1 is 0.972 bits per heavy atom. The molecule has 2 aromatic rings. The van der Waals surface area contributed by atoms with E-state index in [1.165, 1.54) is 13.0 Å². The van der Waals surface area contributed by atoms with Gasteiger partial charge in [-0.15, -0.1) is 0 Å². The first-order chi connectivity index (χ1) is 17.0. The van der Waals surface area contributed by atoms with Gasteiger partial charge in [-0.05, 0) is 25.5 Å². The number of rotatable bonds is 9. The summed E-state index contributed by atoms with van der Waals surface area (Å²) in [5, 5.41) is 1.63. The van der Waals surface area contributed by atoms with Crippen LogP contribution in [0.15, 0.2) is 24.3 Å². The van der Waals surface area contributed by atoms with Gasteiger partial charge in [-0.25, -0.2) is 4.79 Å². The molecule has 0 bridgehead atoms. The lowest BCUT2D eigenvalue weighted by Gasteiger charge is -2.24. The van der Waals surface area contributed by atoms with Crippen molar-refractivity contribution in [3.63, 3.8) is 0 Å². The summed E-state index contributed by atoms with van der Waals surface area (Å²) >= 11 is 24.4. The zero-order chi connectivity index (χ0) is 26.7. The van der Waals surface area contributed by atoms with Gasteiger partial charge in [0.05, 0.1) is 31.2 Å². The second kappa shape index (κ2) is 11.6. The van der Waals surface area contributed by atoms with E-state index in [9.17, 15) is 24.0 Å². The number of unbranched alkanes of at least 4 members (excludes halogenated alkanes) is 1. The molecule has 0 aliphatic carbocycles. The molecular weight excluding hydrogens is 554 g/mol. The molecule has 1 aliphatic heterocycles. The Hall–Kier alpha value is -2.65. The Bertz CT molecular complexity index is 1230. The maximum atomic E-state index is 13.2. The first kappa shape index (κ1) is 27.9. The van der Waals surface area contributed by atoms with Gasteiger partial charge in [0.15, 0.2) is 12.4 Å². The molecule has 0 saturated carbocycles. The van der Waals surface area contributed by atoms with Gasteiger partial charge in [-0.3, -0.25) is 24.1 Å². The Morgan fingerprint density at radius 3 is 2.08 bits per heavy atom. The van der Waals surface area contributed by atoms with Gasteiger partial charge in [-0.1, -0.05) is 78.3 Å². The largest absolute Gasteiger partial charge is 0.454 e.